The van der Waals surface area contributed by atoms with E-state index in [9.17, 15) is 23.6 Å². The summed E-state index contributed by atoms with van der Waals surface area (Å²) in [5.74, 6) is -0.997. The third-order valence-electron chi connectivity index (χ3n) is 2.84. The number of rotatable bonds is 3. The quantitative estimate of drug-likeness (QED) is 0.614. The molecule has 1 aliphatic rings. The van der Waals surface area contributed by atoms with E-state index in [4.69, 9.17) is 10.00 Å². The topological polar surface area (TPSA) is 131 Å². The van der Waals surface area contributed by atoms with Gasteiger partial charge in [0.25, 0.3) is 0 Å². The summed E-state index contributed by atoms with van der Waals surface area (Å²) in [6.07, 6.45) is -2.28. The second kappa shape index (κ2) is 5.07. The molecule has 0 aliphatic carbocycles. The molecule has 0 spiro atoms. The van der Waals surface area contributed by atoms with Gasteiger partial charge in [0.2, 0.25) is 0 Å². The summed E-state index contributed by atoms with van der Waals surface area (Å²) in [5.41, 5.74) is -0.357. The smallest absolute Gasteiger partial charge is 0.312 e. The monoisotopic (exact) mass is 298 g/mol. The standard InChI is InChI=1S/C11H10N2O6S/c12-4-7-1-2-10(8(3-7)13(15)16)19-11-6-20(17,18)5-9(11)14/h1-3,9,11,14H,5-6H2. The van der Waals surface area contributed by atoms with Crippen molar-refractivity contribution in [2.75, 3.05) is 11.5 Å². The van der Waals surface area contributed by atoms with Crippen molar-refractivity contribution in [2.24, 2.45) is 0 Å². The van der Waals surface area contributed by atoms with Gasteiger partial charge in [0.1, 0.15) is 12.2 Å². The summed E-state index contributed by atoms with van der Waals surface area (Å²) in [6, 6.07) is 5.33. The van der Waals surface area contributed by atoms with Gasteiger partial charge in [-0.3, -0.25) is 10.1 Å². The lowest BCUT2D eigenvalue weighted by atomic mass is 10.2. The molecule has 0 bridgehead atoms. The van der Waals surface area contributed by atoms with Crippen LogP contribution in [0.2, 0.25) is 0 Å². The largest absolute Gasteiger partial charge is 0.480 e. The Morgan fingerprint density at radius 2 is 2.15 bits per heavy atom. The van der Waals surface area contributed by atoms with Gasteiger partial charge in [0, 0.05) is 6.07 Å². The highest BCUT2D eigenvalue weighted by Crippen LogP contribution is 2.30. The van der Waals surface area contributed by atoms with Crippen molar-refractivity contribution in [1.29, 1.82) is 5.26 Å². The lowest BCUT2D eigenvalue weighted by Gasteiger charge is -2.15. The molecule has 1 aliphatic heterocycles. The third-order valence-corrected chi connectivity index (χ3v) is 4.52. The number of nitriles is 1. The van der Waals surface area contributed by atoms with Crippen molar-refractivity contribution in [3.05, 3.63) is 33.9 Å². The highest BCUT2D eigenvalue weighted by molar-refractivity contribution is 7.91. The van der Waals surface area contributed by atoms with Crippen LogP contribution < -0.4 is 4.74 Å². The first kappa shape index (κ1) is 14.2. The Hall–Kier alpha value is -2.18. The second-order valence-corrected chi connectivity index (χ2v) is 6.51. The van der Waals surface area contributed by atoms with Gasteiger partial charge in [-0.2, -0.15) is 5.26 Å². The highest BCUT2D eigenvalue weighted by atomic mass is 32.2. The van der Waals surface area contributed by atoms with Crippen LogP contribution in [-0.4, -0.2) is 42.2 Å². The predicted molar refractivity (Wildman–Crippen MR) is 66.9 cm³/mol. The molecule has 8 nitrogen and oxygen atoms in total. The molecule has 20 heavy (non-hydrogen) atoms. The van der Waals surface area contributed by atoms with Gasteiger partial charge < -0.3 is 9.84 Å². The summed E-state index contributed by atoms with van der Waals surface area (Å²) >= 11 is 0. The zero-order chi connectivity index (χ0) is 14.9. The molecule has 0 radical (unpaired) electrons. The minimum Gasteiger partial charge on any atom is -0.480 e. The van der Waals surface area contributed by atoms with Crippen molar-refractivity contribution in [3.63, 3.8) is 0 Å². The van der Waals surface area contributed by atoms with E-state index in [0.29, 0.717) is 0 Å². The minimum absolute atomic E-state index is 0.0867. The highest BCUT2D eigenvalue weighted by Gasteiger charge is 2.39. The molecule has 9 heteroatoms. The van der Waals surface area contributed by atoms with Gasteiger partial charge in [-0.1, -0.05) is 0 Å². The molecule has 2 atom stereocenters. The summed E-state index contributed by atoms with van der Waals surface area (Å²) < 4.78 is 27.9. The van der Waals surface area contributed by atoms with E-state index >= 15 is 0 Å². The number of hydrogen-bond acceptors (Lipinski definition) is 7. The summed E-state index contributed by atoms with van der Waals surface area (Å²) in [6.45, 7) is 0. The molecule has 1 N–H and O–H groups in total. The Morgan fingerprint density at radius 1 is 1.45 bits per heavy atom. The number of nitro benzene ring substituents is 1. The van der Waals surface area contributed by atoms with Gasteiger partial charge in [0.15, 0.2) is 15.6 Å². The van der Waals surface area contributed by atoms with E-state index in [1.165, 1.54) is 12.1 Å². The molecule has 1 saturated heterocycles. The molecule has 0 saturated carbocycles. The Bertz CT molecular complexity index is 693. The van der Waals surface area contributed by atoms with Crippen molar-refractivity contribution < 1.29 is 23.2 Å². The summed E-state index contributed by atoms with van der Waals surface area (Å²) in [4.78, 5) is 10.2. The van der Waals surface area contributed by atoms with Crippen LogP contribution in [0.1, 0.15) is 5.56 Å². The van der Waals surface area contributed by atoms with Crippen molar-refractivity contribution in [2.45, 2.75) is 12.2 Å². The van der Waals surface area contributed by atoms with Gasteiger partial charge in [-0.25, -0.2) is 8.42 Å². The molecule has 1 aromatic rings. The minimum atomic E-state index is -3.41. The number of hydrogen-bond donors (Lipinski definition) is 1. The molecule has 1 heterocycles. The Balaban J connectivity index is 2.31. The van der Waals surface area contributed by atoms with Crippen LogP contribution in [0, 0.1) is 21.4 Å². The van der Waals surface area contributed by atoms with E-state index in [0.717, 1.165) is 6.07 Å². The van der Waals surface area contributed by atoms with Crippen molar-refractivity contribution in [1.82, 2.24) is 0 Å². The third kappa shape index (κ3) is 2.87. The summed E-state index contributed by atoms with van der Waals surface area (Å²) in [5, 5.41) is 29.2. The maximum absolute atomic E-state index is 11.3. The molecule has 1 aromatic carbocycles. The van der Waals surface area contributed by atoms with E-state index in [1.807, 2.05) is 0 Å². The number of sulfone groups is 1. The van der Waals surface area contributed by atoms with E-state index in [2.05, 4.69) is 0 Å². The second-order valence-electron chi connectivity index (χ2n) is 4.35. The molecule has 2 rings (SSSR count). The SMILES string of the molecule is N#Cc1ccc(OC2CS(=O)(=O)CC2O)c([N+](=O)[O-])c1. The fraction of sp³-hybridized carbons (Fsp3) is 0.364. The van der Waals surface area contributed by atoms with Crippen molar-refractivity contribution in [3.8, 4) is 11.8 Å². The normalized spacial score (nSPS) is 24.0. The Morgan fingerprint density at radius 3 is 2.65 bits per heavy atom. The van der Waals surface area contributed by atoms with Crippen LogP contribution in [0.4, 0.5) is 5.69 Å². The molecule has 0 aromatic heterocycles. The number of aliphatic hydroxyl groups is 1. The number of ether oxygens (including phenoxy) is 1. The van der Waals surface area contributed by atoms with Crippen LogP contribution in [0.25, 0.3) is 0 Å². The van der Waals surface area contributed by atoms with Crippen LogP contribution in [-0.2, 0) is 9.84 Å². The summed E-state index contributed by atoms with van der Waals surface area (Å²) in [7, 11) is -3.41. The first-order chi connectivity index (χ1) is 9.32. The molecule has 1 fully saturated rings. The van der Waals surface area contributed by atoms with E-state index in [-0.39, 0.29) is 11.3 Å². The van der Waals surface area contributed by atoms with Crippen LogP contribution >= 0.6 is 0 Å². The maximum atomic E-state index is 11.3. The Kier molecular flexibility index (Phi) is 3.61. The van der Waals surface area contributed by atoms with Gasteiger partial charge >= 0.3 is 5.69 Å². The molecule has 2 unspecified atom stereocenters. The van der Waals surface area contributed by atoms with Crippen LogP contribution in [0.3, 0.4) is 0 Å². The van der Waals surface area contributed by atoms with E-state index in [1.54, 1.807) is 6.07 Å². The molecule has 106 valence electrons. The van der Waals surface area contributed by atoms with Gasteiger partial charge in [0.05, 0.1) is 28.1 Å². The molecular formula is C11H10N2O6S. The lowest BCUT2D eigenvalue weighted by molar-refractivity contribution is -0.386. The molecule has 0 amide bonds. The van der Waals surface area contributed by atoms with Gasteiger partial charge in [-0.05, 0) is 12.1 Å². The number of nitrogens with zero attached hydrogens (tertiary/aromatic N) is 2. The maximum Gasteiger partial charge on any atom is 0.312 e. The first-order valence-electron chi connectivity index (χ1n) is 5.56. The average molecular weight is 298 g/mol. The van der Waals surface area contributed by atoms with E-state index < -0.39 is 44.2 Å². The Labute approximate surface area is 114 Å². The number of aliphatic hydroxyl groups excluding tert-OH is 1. The number of benzene rings is 1. The van der Waals surface area contributed by atoms with Crippen LogP contribution in [0.5, 0.6) is 5.75 Å². The molecular weight excluding hydrogens is 288 g/mol. The predicted octanol–water partition coefficient (Wildman–Crippen LogP) is 0.00318. The van der Waals surface area contributed by atoms with Gasteiger partial charge in [-0.15, -0.1) is 0 Å². The zero-order valence-electron chi connectivity index (χ0n) is 10.1. The number of nitro groups is 1. The van der Waals surface area contributed by atoms with Crippen molar-refractivity contribution >= 4 is 15.5 Å². The average Bonchev–Trinajstić information content (AvgIpc) is 2.62. The fourth-order valence-electron chi connectivity index (χ4n) is 1.90. The fourth-order valence-corrected chi connectivity index (χ4v) is 3.56. The first-order valence-corrected chi connectivity index (χ1v) is 7.38. The lowest BCUT2D eigenvalue weighted by Crippen LogP contribution is -2.30. The zero-order valence-corrected chi connectivity index (χ0v) is 10.9. The van der Waals surface area contributed by atoms with Crippen LogP contribution in [0.15, 0.2) is 18.2 Å².